The largest absolute Gasteiger partial charge is 0.457 e. The lowest BCUT2D eigenvalue weighted by atomic mass is 9.93. The highest BCUT2D eigenvalue weighted by molar-refractivity contribution is 5.53. The predicted molar refractivity (Wildman–Crippen MR) is 88.5 cm³/mol. The summed E-state index contributed by atoms with van der Waals surface area (Å²) in [5.74, 6) is 2.00. The normalized spacial score (nSPS) is 21.5. The van der Waals surface area contributed by atoms with Crippen molar-refractivity contribution in [3.8, 4) is 11.5 Å². The summed E-state index contributed by atoms with van der Waals surface area (Å²) >= 11 is 0. The third-order valence-corrected chi connectivity index (χ3v) is 4.94. The molecule has 0 N–H and O–H groups in total. The molecule has 0 aromatic heterocycles. The molecule has 0 radical (unpaired) electrons. The highest BCUT2D eigenvalue weighted by Crippen LogP contribution is 2.46. The Labute approximate surface area is 132 Å². The van der Waals surface area contributed by atoms with Gasteiger partial charge in [0.25, 0.3) is 0 Å². The minimum absolute atomic E-state index is 0.311. The zero-order valence-corrected chi connectivity index (χ0v) is 13.2. The Morgan fingerprint density at radius 1 is 0.955 bits per heavy atom. The van der Waals surface area contributed by atoms with Crippen LogP contribution in [0.2, 0.25) is 0 Å². The van der Waals surface area contributed by atoms with Crippen molar-refractivity contribution in [3.63, 3.8) is 0 Å². The van der Waals surface area contributed by atoms with Crippen molar-refractivity contribution in [1.82, 2.24) is 9.80 Å². The van der Waals surface area contributed by atoms with Crippen LogP contribution in [0, 0.1) is 0 Å². The van der Waals surface area contributed by atoms with Gasteiger partial charge < -0.3 is 9.64 Å². The molecule has 2 aromatic carbocycles. The molecule has 22 heavy (non-hydrogen) atoms. The molecule has 1 unspecified atom stereocenters. The molecule has 0 saturated carbocycles. The molecule has 4 rings (SSSR count). The van der Waals surface area contributed by atoms with E-state index in [4.69, 9.17) is 4.74 Å². The smallest absolute Gasteiger partial charge is 0.132 e. The van der Waals surface area contributed by atoms with E-state index in [2.05, 4.69) is 72.4 Å². The Morgan fingerprint density at radius 2 is 1.55 bits per heavy atom. The number of rotatable bonds is 2. The number of para-hydroxylation sites is 2. The van der Waals surface area contributed by atoms with Crippen molar-refractivity contribution in [1.29, 1.82) is 0 Å². The van der Waals surface area contributed by atoms with Gasteiger partial charge in [-0.15, -0.1) is 0 Å². The third-order valence-electron chi connectivity index (χ3n) is 4.94. The van der Waals surface area contributed by atoms with Gasteiger partial charge in [0.15, 0.2) is 0 Å². The summed E-state index contributed by atoms with van der Waals surface area (Å²) in [6.07, 6.45) is 1.23. The van der Waals surface area contributed by atoms with Gasteiger partial charge in [-0.25, -0.2) is 0 Å². The standard InChI is InChI=1S/C19H22N2O/c1-20(2)14-11-12-21(13-14)19-15-7-3-5-9-17(15)22-18-10-6-4-8-16(18)19/h3-10,14,19H,11-13H2,1-2H3. The highest BCUT2D eigenvalue weighted by Gasteiger charge is 2.36. The van der Waals surface area contributed by atoms with E-state index in [1.807, 2.05) is 0 Å². The first-order valence-electron chi connectivity index (χ1n) is 8.00. The molecule has 0 amide bonds. The molecule has 0 aliphatic carbocycles. The number of hydrogen-bond donors (Lipinski definition) is 0. The first-order valence-corrected chi connectivity index (χ1v) is 8.00. The summed E-state index contributed by atoms with van der Waals surface area (Å²) in [6, 6.07) is 17.9. The number of nitrogens with zero attached hydrogens (tertiary/aromatic N) is 2. The lowest BCUT2D eigenvalue weighted by Gasteiger charge is -2.35. The van der Waals surface area contributed by atoms with Crippen molar-refractivity contribution in [2.45, 2.75) is 18.5 Å². The predicted octanol–water partition coefficient (Wildman–Crippen LogP) is 3.52. The van der Waals surface area contributed by atoms with Gasteiger partial charge in [-0.2, -0.15) is 0 Å². The average molecular weight is 294 g/mol. The second-order valence-electron chi connectivity index (χ2n) is 6.48. The molecule has 2 aliphatic rings. The van der Waals surface area contributed by atoms with Gasteiger partial charge in [-0.05, 0) is 32.6 Å². The van der Waals surface area contributed by atoms with Crippen LogP contribution >= 0.6 is 0 Å². The van der Waals surface area contributed by atoms with Gasteiger partial charge in [0.2, 0.25) is 0 Å². The number of likely N-dealkylation sites (N-methyl/N-ethyl adjacent to an activating group) is 1. The van der Waals surface area contributed by atoms with Crippen LogP contribution in [0.25, 0.3) is 0 Å². The molecule has 1 saturated heterocycles. The first-order chi connectivity index (χ1) is 10.7. The Morgan fingerprint density at radius 3 is 2.09 bits per heavy atom. The average Bonchev–Trinajstić information content (AvgIpc) is 3.02. The van der Waals surface area contributed by atoms with Crippen LogP contribution in [-0.4, -0.2) is 43.0 Å². The second kappa shape index (κ2) is 5.41. The van der Waals surface area contributed by atoms with E-state index in [-0.39, 0.29) is 0 Å². The molecule has 0 spiro atoms. The summed E-state index contributed by atoms with van der Waals surface area (Å²) in [4.78, 5) is 4.95. The van der Waals surface area contributed by atoms with E-state index < -0.39 is 0 Å². The van der Waals surface area contributed by atoms with Crippen LogP contribution in [0.1, 0.15) is 23.6 Å². The Kier molecular flexibility index (Phi) is 3.40. The molecule has 2 heterocycles. The van der Waals surface area contributed by atoms with E-state index >= 15 is 0 Å². The second-order valence-corrected chi connectivity index (χ2v) is 6.48. The lowest BCUT2D eigenvalue weighted by molar-refractivity contribution is 0.229. The summed E-state index contributed by atoms with van der Waals surface area (Å²) in [5, 5.41) is 0. The maximum Gasteiger partial charge on any atom is 0.132 e. The van der Waals surface area contributed by atoms with Crippen LogP contribution in [0.3, 0.4) is 0 Å². The monoisotopic (exact) mass is 294 g/mol. The molecule has 114 valence electrons. The summed E-state index contributed by atoms with van der Waals surface area (Å²) in [7, 11) is 4.36. The van der Waals surface area contributed by atoms with E-state index in [9.17, 15) is 0 Å². The maximum atomic E-state index is 6.10. The van der Waals surface area contributed by atoms with Gasteiger partial charge >= 0.3 is 0 Å². The molecule has 1 atom stereocenters. The van der Waals surface area contributed by atoms with Crippen LogP contribution in [0.4, 0.5) is 0 Å². The lowest BCUT2D eigenvalue weighted by Crippen LogP contribution is -2.34. The first kappa shape index (κ1) is 13.8. The van der Waals surface area contributed by atoms with Gasteiger partial charge in [-0.1, -0.05) is 36.4 Å². The van der Waals surface area contributed by atoms with Crippen LogP contribution in [-0.2, 0) is 0 Å². The van der Waals surface area contributed by atoms with Gasteiger partial charge in [0.05, 0.1) is 6.04 Å². The Hall–Kier alpha value is -1.84. The van der Waals surface area contributed by atoms with Crippen molar-refractivity contribution in [2.75, 3.05) is 27.2 Å². The fourth-order valence-electron chi connectivity index (χ4n) is 3.70. The zero-order valence-electron chi connectivity index (χ0n) is 13.2. The number of fused-ring (bicyclic) bond motifs is 2. The molecule has 3 nitrogen and oxygen atoms in total. The van der Waals surface area contributed by atoms with E-state index in [1.165, 1.54) is 17.5 Å². The van der Waals surface area contributed by atoms with Crippen LogP contribution in [0.15, 0.2) is 48.5 Å². The number of benzene rings is 2. The van der Waals surface area contributed by atoms with Gasteiger partial charge in [0.1, 0.15) is 11.5 Å². The van der Waals surface area contributed by atoms with Gasteiger partial charge in [0, 0.05) is 30.3 Å². The molecule has 0 bridgehead atoms. The van der Waals surface area contributed by atoms with Crippen LogP contribution < -0.4 is 4.74 Å². The molecular weight excluding hydrogens is 272 g/mol. The molecule has 2 aromatic rings. The summed E-state index contributed by atoms with van der Waals surface area (Å²) in [6.45, 7) is 2.25. The third kappa shape index (κ3) is 2.21. The van der Waals surface area contributed by atoms with Crippen LogP contribution in [0.5, 0.6) is 11.5 Å². The minimum Gasteiger partial charge on any atom is -0.457 e. The maximum absolute atomic E-state index is 6.10. The Bertz CT molecular complexity index is 637. The zero-order chi connectivity index (χ0) is 15.1. The topological polar surface area (TPSA) is 15.7 Å². The van der Waals surface area contributed by atoms with E-state index in [1.54, 1.807) is 0 Å². The fourth-order valence-corrected chi connectivity index (χ4v) is 3.70. The van der Waals surface area contributed by atoms with Crippen molar-refractivity contribution < 1.29 is 4.74 Å². The minimum atomic E-state index is 0.311. The number of hydrogen-bond acceptors (Lipinski definition) is 3. The highest BCUT2D eigenvalue weighted by atomic mass is 16.5. The summed E-state index contributed by atoms with van der Waals surface area (Å²) in [5.41, 5.74) is 2.58. The molecule has 1 fully saturated rings. The van der Waals surface area contributed by atoms with Crippen molar-refractivity contribution in [3.05, 3.63) is 59.7 Å². The molecule has 2 aliphatic heterocycles. The van der Waals surface area contributed by atoms with E-state index in [0.717, 1.165) is 24.6 Å². The van der Waals surface area contributed by atoms with Crippen molar-refractivity contribution >= 4 is 0 Å². The molecule has 3 heteroatoms. The fraction of sp³-hybridized carbons (Fsp3) is 0.368. The SMILES string of the molecule is CN(C)C1CCN(C2c3ccccc3Oc3ccccc32)C1. The quantitative estimate of drug-likeness (QED) is 0.843. The summed E-state index contributed by atoms with van der Waals surface area (Å²) < 4.78 is 6.10. The van der Waals surface area contributed by atoms with E-state index in [0.29, 0.717) is 12.1 Å². The number of ether oxygens (including phenoxy) is 1. The Balaban J connectivity index is 1.75. The molecular formula is C19H22N2O. The van der Waals surface area contributed by atoms with Gasteiger partial charge in [-0.3, -0.25) is 4.90 Å². The van der Waals surface area contributed by atoms with Crippen molar-refractivity contribution in [2.24, 2.45) is 0 Å². The number of likely N-dealkylation sites (tertiary alicyclic amines) is 1.